The molecule has 4 heteroatoms. The molecule has 92 valence electrons. The second-order valence-electron chi connectivity index (χ2n) is 4.91. The first-order valence-corrected chi connectivity index (χ1v) is 6.77. The monoisotopic (exact) mass is 297 g/mol. The Morgan fingerprint density at radius 1 is 1.41 bits per heavy atom. The summed E-state index contributed by atoms with van der Waals surface area (Å²) >= 11 is 3.67. The lowest BCUT2D eigenvalue weighted by atomic mass is 9.89. The third kappa shape index (κ3) is 1.98. The predicted molar refractivity (Wildman–Crippen MR) is 69.0 cm³/mol. The van der Waals surface area contributed by atoms with Crippen LogP contribution in [0.5, 0.6) is 5.75 Å². The number of halogens is 1. The van der Waals surface area contributed by atoms with E-state index >= 15 is 0 Å². The van der Waals surface area contributed by atoms with Crippen LogP contribution < -0.4 is 10.1 Å². The van der Waals surface area contributed by atoms with Crippen LogP contribution in [0, 0.1) is 0 Å². The smallest absolute Gasteiger partial charge is 0.189 e. The molecule has 0 saturated carbocycles. The van der Waals surface area contributed by atoms with Crippen molar-refractivity contribution in [2.24, 2.45) is 0 Å². The Kier molecular flexibility index (Phi) is 2.89. The summed E-state index contributed by atoms with van der Waals surface area (Å²) in [5.74, 6) is 0.962. The second-order valence-corrected chi connectivity index (χ2v) is 5.77. The van der Waals surface area contributed by atoms with Crippen molar-refractivity contribution in [3.05, 3.63) is 27.7 Å². The molecule has 2 heterocycles. The molecule has 3 rings (SSSR count). The molecule has 2 aliphatic rings. The molecule has 0 aliphatic carbocycles. The van der Waals surface area contributed by atoms with Gasteiger partial charge in [-0.1, -0.05) is 15.9 Å². The van der Waals surface area contributed by atoms with Crippen molar-refractivity contribution in [3.8, 4) is 5.75 Å². The lowest BCUT2D eigenvalue weighted by molar-refractivity contribution is -0.0165. The van der Waals surface area contributed by atoms with Crippen LogP contribution >= 0.6 is 15.9 Å². The SMILES string of the molecule is CC1(c2cc3c(cc2Br)COCO3)CCCN1. The fraction of sp³-hybridized carbons (Fsp3) is 0.538. The Morgan fingerprint density at radius 3 is 3.06 bits per heavy atom. The van der Waals surface area contributed by atoms with Gasteiger partial charge in [-0.25, -0.2) is 0 Å². The van der Waals surface area contributed by atoms with E-state index in [0.29, 0.717) is 13.4 Å². The second kappa shape index (κ2) is 4.26. The average molecular weight is 298 g/mol. The largest absolute Gasteiger partial charge is 0.467 e. The van der Waals surface area contributed by atoms with Crippen molar-refractivity contribution in [2.75, 3.05) is 13.3 Å². The van der Waals surface area contributed by atoms with E-state index in [0.717, 1.165) is 22.3 Å². The number of ether oxygens (including phenoxy) is 2. The molecule has 1 N–H and O–H groups in total. The molecule has 17 heavy (non-hydrogen) atoms. The van der Waals surface area contributed by atoms with Gasteiger partial charge in [0.25, 0.3) is 0 Å². The van der Waals surface area contributed by atoms with Gasteiger partial charge in [0, 0.05) is 15.6 Å². The van der Waals surface area contributed by atoms with E-state index in [4.69, 9.17) is 9.47 Å². The van der Waals surface area contributed by atoms with Crippen LogP contribution in [0.25, 0.3) is 0 Å². The fourth-order valence-electron chi connectivity index (χ4n) is 2.65. The van der Waals surface area contributed by atoms with Crippen LogP contribution in [0.15, 0.2) is 16.6 Å². The van der Waals surface area contributed by atoms with Gasteiger partial charge in [-0.3, -0.25) is 0 Å². The van der Waals surface area contributed by atoms with Gasteiger partial charge in [0.2, 0.25) is 0 Å². The highest BCUT2D eigenvalue weighted by Crippen LogP contribution is 2.39. The Hall–Kier alpha value is -0.580. The Morgan fingerprint density at radius 2 is 2.29 bits per heavy atom. The normalized spacial score (nSPS) is 27.6. The molecule has 0 bridgehead atoms. The minimum absolute atomic E-state index is 0.0650. The molecule has 1 aromatic carbocycles. The van der Waals surface area contributed by atoms with Crippen molar-refractivity contribution in [2.45, 2.75) is 31.9 Å². The molecule has 3 nitrogen and oxygen atoms in total. The van der Waals surface area contributed by atoms with Gasteiger partial charge in [-0.05, 0) is 44.0 Å². The molecule has 1 atom stereocenters. The number of fused-ring (bicyclic) bond motifs is 1. The minimum Gasteiger partial charge on any atom is -0.467 e. The Bertz CT molecular complexity index is 441. The van der Waals surface area contributed by atoms with Gasteiger partial charge >= 0.3 is 0 Å². The van der Waals surface area contributed by atoms with Gasteiger partial charge in [-0.2, -0.15) is 0 Å². The topological polar surface area (TPSA) is 30.5 Å². The maximum Gasteiger partial charge on any atom is 0.189 e. The van der Waals surface area contributed by atoms with E-state index in [1.165, 1.54) is 18.4 Å². The van der Waals surface area contributed by atoms with Crippen LogP contribution in [-0.4, -0.2) is 13.3 Å². The van der Waals surface area contributed by atoms with Crippen LogP contribution in [-0.2, 0) is 16.9 Å². The first-order valence-electron chi connectivity index (χ1n) is 5.97. The summed E-state index contributed by atoms with van der Waals surface area (Å²) in [6.45, 7) is 4.34. The first kappa shape index (κ1) is 11.5. The summed E-state index contributed by atoms with van der Waals surface area (Å²) < 4.78 is 12.0. The van der Waals surface area contributed by atoms with Crippen LogP contribution in [0.3, 0.4) is 0 Å². The van der Waals surface area contributed by atoms with E-state index in [1.807, 2.05) is 0 Å². The zero-order valence-corrected chi connectivity index (χ0v) is 11.5. The molecule has 0 aromatic heterocycles. The van der Waals surface area contributed by atoms with Crippen molar-refractivity contribution >= 4 is 15.9 Å². The van der Waals surface area contributed by atoms with Gasteiger partial charge in [-0.15, -0.1) is 0 Å². The van der Waals surface area contributed by atoms with Crippen molar-refractivity contribution < 1.29 is 9.47 Å². The molecule has 2 aliphatic heterocycles. The van der Waals surface area contributed by atoms with Crippen molar-refractivity contribution in [3.63, 3.8) is 0 Å². The quantitative estimate of drug-likeness (QED) is 0.865. The summed E-state index contributed by atoms with van der Waals surface area (Å²) in [5.41, 5.74) is 2.47. The maximum atomic E-state index is 5.55. The molecule has 0 amide bonds. The summed E-state index contributed by atoms with van der Waals surface area (Å²) in [5, 5.41) is 3.58. The number of nitrogens with one attached hydrogen (secondary N) is 1. The standard InChI is InChI=1S/C13H16BrNO2/c1-13(3-2-4-15-13)10-6-12-9(5-11(10)14)7-16-8-17-12/h5-6,15H,2-4,7-8H2,1H3. The number of benzene rings is 1. The van der Waals surface area contributed by atoms with Crippen LogP contribution in [0.2, 0.25) is 0 Å². The highest BCUT2D eigenvalue weighted by Gasteiger charge is 2.32. The number of hydrogen-bond donors (Lipinski definition) is 1. The number of hydrogen-bond acceptors (Lipinski definition) is 3. The summed E-state index contributed by atoms with van der Waals surface area (Å²) in [6, 6.07) is 4.27. The van der Waals surface area contributed by atoms with Gasteiger partial charge < -0.3 is 14.8 Å². The molecule has 1 unspecified atom stereocenters. The Balaban J connectivity index is 2.04. The molecular formula is C13H16BrNO2. The van der Waals surface area contributed by atoms with Crippen molar-refractivity contribution in [1.82, 2.24) is 5.32 Å². The van der Waals surface area contributed by atoms with E-state index in [2.05, 4.69) is 40.3 Å². The Labute approximate surface area is 110 Å². The first-order chi connectivity index (χ1) is 8.19. The minimum atomic E-state index is 0.0650. The summed E-state index contributed by atoms with van der Waals surface area (Å²) in [7, 11) is 0. The molecular weight excluding hydrogens is 282 g/mol. The highest BCUT2D eigenvalue weighted by molar-refractivity contribution is 9.10. The van der Waals surface area contributed by atoms with Crippen molar-refractivity contribution in [1.29, 1.82) is 0 Å². The zero-order valence-electron chi connectivity index (χ0n) is 9.88. The molecule has 0 spiro atoms. The van der Waals surface area contributed by atoms with Gasteiger partial charge in [0.1, 0.15) is 5.75 Å². The van der Waals surface area contributed by atoms with E-state index in [9.17, 15) is 0 Å². The van der Waals surface area contributed by atoms with Gasteiger partial charge in [0.05, 0.1) is 6.61 Å². The average Bonchev–Trinajstić information content (AvgIpc) is 2.76. The lowest BCUT2D eigenvalue weighted by Crippen LogP contribution is -2.33. The summed E-state index contributed by atoms with van der Waals surface area (Å²) in [6.07, 6.45) is 2.39. The fourth-order valence-corrected chi connectivity index (χ4v) is 3.47. The van der Waals surface area contributed by atoms with E-state index < -0.39 is 0 Å². The third-order valence-corrected chi connectivity index (χ3v) is 4.32. The maximum absolute atomic E-state index is 5.55. The van der Waals surface area contributed by atoms with Crippen LogP contribution in [0.1, 0.15) is 30.9 Å². The molecule has 1 fully saturated rings. The third-order valence-electron chi connectivity index (χ3n) is 3.67. The summed E-state index contributed by atoms with van der Waals surface area (Å²) in [4.78, 5) is 0. The number of rotatable bonds is 1. The van der Waals surface area contributed by atoms with Gasteiger partial charge in [0.15, 0.2) is 6.79 Å². The highest BCUT2D eigenvalue weighted by atomic mass is 79.9. The molecule has 0 radical (unpaired) electrons. The van der Waals surface area contributed by atoms with E-state index in [-0.39, 0.29) is 5.54 Å². The lowest BCUT2D eigenvalue weighted by Gasteiger charge is -2.28. The predicted octanol–water partition coefficient (Wildman–Crippen LogP) is 2.91. The van der Waals surface area contributed by atoms with E-state index in [1.54, 1.807) is 0 Å². The molecule has 1 saturated heterocycles. The molecule has 1 aromatic rings. The zero-order chi connectivity index (χ0) is 11.9. The van der Waals surface area contributed by atoms with Crippen LogP contribution in [0.4, 0.5) is 0 Å².